The number of ether oxygens (including phenoxy) is 4. The van der Waals surface area contributed by atoms with Crippen molar-refractivity contribution in [2.45, 2.75) is 530 Å². The van der Waals surface area contributed by atoms with E-state index in [-0.39, 0.29) is 62.1 Å². The topological polar surface area (TPSA) is 105 Å². The van der Waals surface area contributed by atoms with Crippen molar-refractivity contribution in [2.75, 3.05) is 26.4 Å². The smallest absolute Gasteiger partial charge is 0.308 e. The van der Waals surface area contributed by atoms with Gasteiger partial charge in [-0.1, -0.05) is 491 Å². The van der Waals surface area contributed by atoms with E-state index in [0.717, 1.165) is 77.0 Å². The molecule has 8 heteroatoms. The first-order valence-corrected chi connectivity index (χ1v) is 46.3. The lowest BCUT2D eigenvalue weighted by atomic mass is 9.91. The molecule has 0 fully saturated rings. The first kappa shape index (κ1) is 98.9. The van der Waals surface area contributed by atoms with Crippen LogP contribution in [-0.4, -0.2) is 50.3 Å². The predicted molar refractivity (Wildman–Crippen MR) is 438 cm³/mol. The van der Waals surface area contributed by atoms with Crippen LogP contribution in [-0.2, 0) is 38.1 Å². The summed E-state index contributed by atoms with van der Waals surface area (Å²) in [6.45, 7) is 12.4. The van der Waals surface area contributed by atoms with Crippen LogP contribution in [0.1, 0.15) is 530 Å². The zero-order valence-electron chi connectivity index (χ0n) is 69.5. The van der Waals surface area contributed by atoms with Crippen LogP contribution in [0.15, 0.2) is 0 Å². The van der Waals surface area contributed by atoms with E-state index < -0.39 is 5.41 Å². The zero-order valence-corrected chi connectivity index (χ0v) is 69.5. The fraction of sp³-hybridized carbons (Fsp3) is 0.957. The van der Waals surface area contributed by atoms with E-state index >= 15 is 0 Å². The monoisotopic (exact) mass is 1430 g/mol. The number of carbonyl (C=O) groups excluding carboxylic acids is 4. The van der Waals surface area contributed by atoms with Crippen LogP contribution in [0.25, 0.3) is 0 Å². The SMILES string of the molecule is CCCCCCCCCCCCCCCCCCCCCC(=O)OCC(COC(=O)CCCCCCCCCCCCCCCCCCCCC)(COC(=O)C(C)CCCCCCCCCCCCCCCCCCC)COC(=O)C(C)CCCCCCCCCCCCCCCCCCC. The molecular formula is C93H180O8. The van der Waals surface area contributed by atoms with Crippen LogP contribution in [0.3, 0.4) is 0 Å². The van der Waals surface area contributed by atoms with Gasteiger partial charge in [0.05, 0.1) is 11.8 Å². The van der Waals surface area contributed by atoms with Gasteiger partial charge in [0.25, 0.3) is 0 Å². The highest BCUT2D eigenvalue weighted by Crippen LogP contribution is 2.27. The molecule has 0 saturated heterocycles. The molecule has 0 rings (SSSR count). The highest BCUT2D eigenvalue weighted by molar-refractivity contribution is 5.73. The van der Waals surface area contributed by atoms with Gasteiger partial charge < -0.3 is 18.9 Å². The van der Waals surface area contributed by atoms with E-state index in [2.05, 4.69) is 27.7 Å². The second kappa shape index (κ2) is 81.9. The summed E-state index contributed by atoms with van der Waals surface area (Å²) in [5.41, 5.74) is -1.24. The molecule has 0 radical (unpaired) electrons. The second-order valence-corrected chi connectivity index (χ2v) is 33.0. The largest absolute Gasteiger partial charge is 0.465 e. The number of esters is 4. The molecule has 8 nitrogen and oxygen atoms in total. The molecule has 0 heterocycles. The maximum Gasteiger partial charge on any atom is 0.308 e. The van der Waals surface area contributed by atoms with Crippen molar-refractivity contribution in [2.24, 2.45) is 17.3 Å². The molecule has 2 unspecified atom stereocenters. The van der Waals surface area contributed by atoms with Crippen molar-refractivity contribution < 1.29 is 38.1 Å². The van der Waals surface area contributed by atoms with Crippen LogP contribution >= 0.6 is 0 Å². The predicted octanol–water partition coefficient (Wildman–Crippen LogP) is 31.1. The van der Waals surface area contributed by atoms with Gasteiger partial charge in [0, 0.05) is 12.8 Å². The van der Waals surface area contributed by atoms with Gasteiger partial charge in [0.15, 0.2) is 0 Å². The Morgan fingerprint density at radius 1 is 0.198 bits per heavy atom. The van der Waals surface area contributed by atoms with Crippen LogP contribution in [0, 0.1) is 17.3 Å². The molecule has 0 N–H and O–H groups in total. The van der Waals surface area contributed by atoms with E-state index in [9.17, 15) is 19.2 Å². The first-order valence-electron chi connectivity index (χ1n) is 46.3. The Hall–Kier alpha value is -2.12. The van der Waals surface area contributed by atoms with Crippen molar-refractivity contribution in [3.63, 3.8) is 0 Å². The van der Waals surface area contributed by atoms with Crippen LogP contribution in [0.5, 0.6) is 0 Å². The van der Waals surface area contributed by atoms with Crippen molar-refractivity contribution in [1.82, 2.24) is 0 Å². The molecule has 0 saturated carbocycles. The minimum absolute atomic E-state index is 0.167. The standard InChI is InChI=1S/C93H180O8/c1-7-11-15-19-23-27-31-35-39-43-45-49-53-57-61-65-69-73-77-81-89(94)98-83-93(84-99-90(95)82-78-74-70-66-62-58-54-50-46-44-40-36-32-28-24-20-16-12-8-2,85-100-91(96)87(5)79-75-71-67-63-59-55-51-47-41-37-33-29-25-21-17-13-9-3)86-101-92(97)88(6)80-76-72-68-64-60-56-52-48-42-38-34-30-26-22-18-14-10-4/h87-88H,7-86H2,1-6H3. The Morgan fingerprint density at radius 2 is 0.337 bits per heavy atom. The van der Waals surface area contributed by atoms with E-state index in [1.807, 2.05) is 13.8 Å². The average molecular weight is 1430 g/mol. The number of rotatable bonds is 86. The maximum atomic E-state index is 13.9. The third kappa shape index (κ3) is 74.5. The number of unbranched alkanes of at least 4 members (excludes halogenated alkanes) is 68. The third-order valence-corrected chi connectivity index (χ3v) is 22.4. The Balaban J connectivity index is 5.55. The quantitative estimate of drug-likeness (QED) is 0.0337. The summed E-state index contributed by atoms with van der Waals surface area (Å²) < 4.78 is 24.5. The average Bonchev–Trinajstić information content (AvgIpc) is 0.857. The highest BCUT2D eigenvalue weighted by atomic mass is 16.6. The summed E-state index contributed by atoms with van der Waals surface area (Å²) in [6, 6.07) is 0. The van der Waals surface area contributed by atoms with Gasteiger partial charge in [-0.25, -0.2) is 0 Å². The lowest BCUT2D eigenvalue weighted by molar-refractivity contribution is -0.173. The lowest BCUT2D eigenvalue weighted by Crippen LogP contribution is -2.44. The fourth-order valence-corrected chi connectivity index (χ4v) is 14.9. The van der Waals surface area contributed by atoms with E-state index in [0.29, 0.717) is 12.8 Å². The molecule has 0 aliphatic carbocycles. The van der Waals surface area contributed by atoms with Crippen LogP contribution < -0.4 is 0 Å². The number of hydrogen-bond acceptors (Lipinski definition) is 8. The molecular weight excluding hydrogens is 1250 g/mol. The Morgan fingerprint density at radius 3 is 0.505 bits per heavy atom. The minimum atomic E-state index is -1.24. The van der Waals surface area contributed by atoms with Crippen LogP contribution in [0.2, 0.25) is 0 Å². The van der Waals surface area contributed by atoms with Gasteiger partial charge in [-0.3, -0.25) is 19.2 Å². The highest BCUT2D eigenvalue weighted by Gasteiger charge is 2.39. The molecule has 0 aliphatic rings. The second-order valence-electron chi connectivity index (χ2n) is 33.0. The van der Waals surface area contributed by atoms with E-state index in [4.69, 9.17) is 18.9 Å². The zero-order chi connectivity index (χ0) is 73.4. The number of carbonyl (C=O) groups is 4. The summed E-state index contributed by atoms with van der Waals surface area (Å²) >= 11 is 0. The van der Waals surface area contributed by atoms with Gasteiger partial charge in [0.1, 0.15) is 31.8 Å². The summed E-state index contributed by atoms with van der Waals surface area (Å²) in [4.78, 5) is 55.0. The molecule has 0 bridgehead atoms. The van der Waals surface area contributed by atoms with Crippen LogP contribution in [0.4, 0.5) is 0 Å². The minimum Gasteiger partial charge on any atom is -0.465 e. The molecule has 0 amide bonds. The Bertz CT molecular complexity index is 1560. The van der Waals surface area contributed by atoms with Gasteiger partial charge >= 0.3 is 23.9 Å². The summed E-state index contributed by atoms with van der Waals surface area (Å²) in [7, 11) is 0. The Labute approximate surface area is 631 Å². The van der Waals surface area contributed by atoms with E-state index in [1.165, 1.54) is 398 Å². The Kier molecular flexibility index (Phi) is 80.2. The molecule has 2 atom stereocenters. The summed E-state index contributed by atoms with van der Waals surface area (Å²) in [6.07, 6.45) is 95.8. The summed E-state index contributed by atoms with van der Waals surface area (Å²) in [5.74, 6) is -1.90. The van der Waals surface area contributed by atoms with Gasteiger partial charge in [0.2, 0.25) is 0 Å². The normalized spacial score (nSPS) is 12.3. The van der Waals surface area contributed by atoms with E-state index in [1.54, 1.807) is 0 Å². The van der Waals surface area contributed by atoms with Crippen molar-refractivity contribution in [1.29, 1.82) is 0 Å². The molecule has 0 spiro atoms. The van der Waals surface area contributed by atoms with Crippen molar-refractivity contribution in [3.05, 3.63) is 0 Å². The van der Waals surface area contributed by atoms with Gasteiger partial charge in [-0.15, -0.1) is 0 Å². The number of hydrogen-bond donors (Lipinski definition) is 0. The molecule has 0 aromatic rings. The summed E-state index contributed by atoms with van der Waals surface area (Å²) in [5, 5.41) is 0. The lowest BCUT2D eigenvalue weighted by Gasteiger charge is -2.32. The van der Waals surface area contributed by atoms with Gasteiger partial charge in [-0.05, 0) is 25.7 Å². The third-order valence-electron chi connectivity index (χ3n) is 22.4. The van der Waals surface area contributed by atoms with Crippen molar-refractivity contribution >= 4 is 23.9 Å². The molecule has 0 aliphatic heterocycles. The first-order chi connectivity index (χ1) is 49.6. The molecule has 0 aromatic carbocycles. The molecule has 0 aromatic heterocycles. The fourth-order valence-electron chi connectivity index (χ4n) is 14.9. The molecule has 101 heavy (non-hydrogen) atoms. The van der Waals surface area contributed by atoms with Gasteiger partial charge in [-0.2, -0.15) is 0 Å². The molecule has 600 valence electrons. The maximum absolute atomic E-state index is 13.9. The van der Waals surface area contributed by atoms with Crippen molar-refractivity contribution in [3.8, 4) is 0 Å².